The average Bonchev–Trinajstić information content (AvgIpc) is 2.05. The third-order valence-electron chi connectivity index (χ3n) is 3.68. The first-order valence-electron chi connectivity index (χ1n) is 5.22. The summed E-state index contributed by atoms with van der Waals surface area (Å²) < 4.78 is 0. The van der Waals surface area contributed by atoms with Crippen LogP contribution in [0.1, 0.15) is 47.5 Å². The van der Waals surface area contributed by atoms with E-state index >= 15 is 0 Å². The molecule has 0 aliphatic rings. The van der Waals surface area contributed by atoms with Gasteiger partial charge in [-0.1, -0.05) is 47.5 Å². The van der Waals surface area contributed by atoms with Gasteiger partial charge in [0.1, 0.15) is 0 Å². The van der Waals surface area contributed by atoms with Crippen LogP contribution in [-0.4, -0.2) is 6.54 Å². The minimum Gasteiger partial charge on any atom is -0.330 e. The molecule has 1 atom stereocenters. The maximum absolute atomic E-state index is 5.86. The molecule has 0 bridgehead atoms. The molecule has 1 heteroatoms. The van der Waals surface area contributed by atoms with E-state index in [4.69, 9.17) is 5.73 Å². The lowest BCUT2D eigenvalue weighted by Gasteiger charge is -2.39. The lowest BCUT2D eigenvalue weighted by Crippen LogP contribution is -2.39. The van der Waals surface area contributed by atoms with Crippen LogP contribution in [0.15, 0.2) is 0 Å². The van der Waals surface area contributed by atoms with Gasteiger partial charge in [-0.15, -0.1) is 0 Å². The number of nitrogens with two attached hydrogens (primary N) is 1. The van der Waals surface area contributed by atoms with Crippen LogP contribution in [0.3, 0.4) is 0 Å². The zero-order valence-electron chi connectivity index (χ0n) is 9.35. The van der Waals surface area contributed by atoms with E-state index in [1.54, 1.807) is 0 Å². The molecular formula is C11H25N. The van der Waals surface area contributed by atoms with Gasteiger partial charge in [0.15, 0.2) is 0 Å². The first-order valence-corrected chi connectivity index (χ1v) is 5.22. The summed E-state index contributed by atoms with van der Waals surface area (Å²) >= 11 is 0. The van der Waals surface area contributed by atoms with E-state index in [9.17, 15) is 0 Å². The number of hydrogen-bond donors (Lipinski definition) is 1. The van der Waals surface area contributed by atoms with Gasteiger partial charge < -0.3 is 5.73 Å². The minimum atomic E-state index is 0.337. The van der Waals surface area contributed by atoms with Crippen molar-refractivity contribution in [1.82, 2.24) is 0 Å². The predicted molar refractivity (Wildman–Crippen MR) is 56.1 cm³/mol. The Kier molecular flexibility index (Phi) is 4.84. The van der Waals surface area contributed by atoms with Gasteiger partial charge in [0.05, 0.1) is 0 Å². The Morgan fingerprint density at radius 2 is 1.58 bits per heavy atom. The standard InChI is InChI=1S/C11H25N/c1-6-10(7-2)11(5,8-12)9(3)4/h9-10H,6-8,12H2,1-5H3. The molecule has 0 amide bonds. The Bertz CT molecular complexity index is 116. The quantitative estimate of drug-likeness (QED) is 0.676. The van der Waals surface area contributed by atoms with Crippen molar-refractivity contribution < 1.29 is 0 Å². The van der Waals surface area contributed by atoms with Crippen LogP contribution in [0.4, 0.5) is 0 Å². The molecule has 0 aromatic carbocycles. The molecule has 0 aromatic heterocycles. The fourth-order valence-corrected chi connectivity index (χ4v) is 2.10. The summed E-state index contributed by atoms with van der Waals surface area (Å²) in [6.07, 6.45) is 2.50. The summed E-state index contributed by atoms with van der Waals surface area (Å²) in [4.78, 5) is 0. The van der Waals surface area contributed by atoms with E-state index in [-0.39, 0.29) is 0 Å². The molecule has 0 aromatic rings. The van der Waals surface area contributed by atoms with E-state index in [0.29, 0.717) is 11.3 Å². The maximum Gasteiger partial charge on any atom is -0.00181 e. The molecule has 0 aliphatic heterocycles. The van der Waals surface area contributed by atoms with E-state index in [1.807, 2.05) is 0 Å². The van der Waals surface area contributed by atoms with Gasteiger partial charge in [0.25, 0.3) is 0 Å². The molecule has 0 fully saturated rings. The zero-order chi connectivity index (χ0) is 9.78. The molecule has 0 aliphatic carbocycles. The smallest absolute Gasteiger partial charge is 0.00181 e. The van der Waals surface area contributed by atoms with Gasteiger partial charge in [-0.25, -0.2) is 0 Å². The molecule has 0 radical (unpaired) electrons. The van der Waals surface area contributed by atoms with Gasteiger partial charge >= 0.3 is 0 Å². The Balaban J connectivity index is 4.47. The van der Waals surface area contributed by atoms with Gasteiger partial charge in [-0.05, 0) is 23.8 Å². The molecule has 0 heterocycles. The van der Waals surface area contributed by atoms with Crippen molar-refractivity contribution in [2.75, 3.05) is 6.54 Å². The van der Waals surface area contributed by atoms with Crippen molar-refractivity contribution in [3.8, 4) is 0 Å². The van der Waals surface area contributed by atoms with Gasteiger partial charge in [-0.2, -0.15) is 0 Å². The molecular weight excluding hydrogens is 146 g/mol. The molecule has 1 nitrogen and oxygen atoms in total. The number of hydrogen-bond acceptors (Lipinski definition) is 1. The largest absolute Gasteiger partial charge is 0.330 e. The molecule has 12 heavy (non-hydrogen) atoms. The second-order valence-corrected chi connectivity index (χ2v) is 4.38. The monoisotopic (exact) mass is 171 g/mol. The highest BCUT2D eigenvalue weighted by Crippen LogP contribution is 2.38. The average molecular weight is 171 g/mol. The third-order valence-corrected chi connectivity index (χ3v) is 3.68. The highest BCUT2D eigenvalue weighted by Gasteiger charge is 2.33. The Morgan fingerprint density at radius 1 is 1.17 bits per heavy atom. The van der Waals surface area contributed by atoms with Gasteiger partial charge in [0.2, 0.25) is 0 Å². The van der Waals surface area contributed by atoms with Crippen LogP contribution in [0, 0.1) is 17.3 Å². The summed E-state index contributed by atoms with van der Waals surface area (Å²) in [6.45, 7) is 12.2. The van der Waals surface area contributed by atoms with E-state index in [0.717, 1.165) is 12.5 Å². The molecule has 0 rings (SSSR count). The first-order chi connectivity index (χ1) is 5.52. The van der Waals surface area contributed by atoms with Crippen LogP contribution in [0.2, 0.25) is 0 Å². The summed E-state index contributed by atoms with van der Waals surface area (Å²) in [5.74, 6) is 1.47. The lowest BCUT2D eigenvalue weighted by molar-refractivity contribution is 0.115. The fraction of sp³-hybridized carbons (Fsp3) is 1.00. The normalized spacial score (nSPS) is 17.0. The third kappa shape index (κ3) is 2.22. The topological polar surface area (TPSA) is 26.0 Å². The predicted octanol–water partition coefficient (Wildman–Crippen LogP) is 3.04. The molecule has 0 spiro atoms. The van der Waals surface area contributed by atoms with Gasteiger partial charge in [-0.3, -0.25) is 0 Å². The Hall–Kier alpha value is -0.0400. The highest BCUT2D eigenvalue weighted by atomic mass is 14.6. The van der Waals surface area contributed by atoms with Crippen LogP contribution in [0.5, 0.6) is 0 Å². The zero-order valence-corrected chi connectivity index (χ0v) is 9.35. The highest BCUT2D eigenvalue weighted by molar-refractivity contribution is 4.84. The summed E-state index contributed by atoms with van der Waals surface area (Å²) in [7, 11) is 0. The van der Waals surface area contributed by atoms with Crippen molar-refractivity contribution in [2.24, 2.45) is 23.0 Å². The van der Waals surface area contributed by atoms with Crippen LogP contribution >= 0.6 is 0 Å². The van der Waals surface area contributed by atoms with Crippen LogP contribution in [0.25, 0.3) is 0 Å². The molecule has 2 N–H and O–H groups in total. The molecule has 74 valence electrons. The summed E-state index contributed by atoms with van der Waals surface area (Å²) in [6, 6.07) is 0. The van der Waals surface area contributed by atoms with Crippen LogP contribution < -0.4 is 5.73 Å². The SMILES string of the molecule is CCC(CC)C(C)(CN)C(C)C. The minimum absolute atomic E-state index is 0.337. The van der Waals surface area contributed by atoms with E-state index in [1.165, 1.54) is 12.8 Å². The van der Waals surface area contributed by atoms with Crippen molar-refractivity contribution in [2.45, 2.75) is 47.5 Å². The molecule has 0 saturated heterocycles. The lowest BCUT2D eigenvalue weighted by atomic mass is 9.67. The van der Waals surface area contributed by atoms with Gasteiger partial charge in [0, 0.05) is 0 Å². The van der Waals surface area contributed by atoms with Crippen molar-refractivity contribution in [1.29, 1.82) is 0 Å². The first kappa shape index (κ1) is 12.0. The van der Waals surface area contributed by atoms with Crippen LogP contribution in [-0.2, 0) is 0 Å². The second kappa shape index (κ2) is 4.86. The Morgan fingerprint density at radius 3 is 1.67 bits per heavy atom. The maximum atomic E-state index is 5.86. The Labute approximate surface area is 77.7 Å². The molecule has 1 unspecified atom stereocenters. The van der Waals surface area contributed by atoms with Crippen molar-refractivity contribution in [3.05, 3.63) is 0 Å². The molecule has 0 saturated carbocycles. The fourth-order valence-electron chi connectivity index (χ4n) is 2.10. The second-order valence-electron chi connectivity index (χ2n) is 4.38. The number of rotatable bonds is 5. The van der Waals surface area contributed by atoms with E-state index < -0.39 is 0 Å². The summed E-state index contributed by atoms with van der Waals surface area (Å²) in [5.41, 5.74) is 6.20. The van der Waals surface area contributed by atoms with Crippen molar-refractivity contribution in [3.63, 3.8) is 0 Å². The van der Waals surface area contributed by atoms with E-state index in [2.05, 4.69) is 34.6 Å². The van der Waals surface area contributed by atoms with Crippen molar-refractivity contribution >= 4 is 0 Å². The summed E-state index contributed by atoms with van der Waals surface area (Å²) in [5, 5.41) is 0.